The molecule has 0 heterocycles. The zero-order valence-corrected chi connectivity index (χ0v) is 11.4. The molecule has 98 valence electrons. The van der Waals surface area contributed by atoms with Gasteiger partial charge in [-0.05, 0) is 50.9 Å². The Kier molecular flexibility index (Phi) is 4.02. The van der Waals surface area contributed by atoms with E-state index in [9.17, 15) is 4.79 Å². The molecule has 3 heteroatoms. The highest BCUT2D eigenvalue weighted by Crippen LogP contribution is 2.30. The van der Waals surface area contributed by atoms with Crippen LogP contribution in [0.3, 0.4) is 0 Å². The molecule has 1 aliphatic rings. The number of ketones is 1. The van der Waals surface area contributed by atoms with E-state index >= 15 is 0 Å². The Labute approximate surface area is 109 Å². The maximum Gasteiger partial charge on any atom is 0.159 e. The van der Waals surface area contributed by atoms with Crippen LogP contribution < -0.4 is 4.74 Å². The SMILES string of the molecule is COc1ccc(C(C)=O)cc1CN(C)CC1CC1. The Hall–Kier alpha value is -1.35. The van der Waals surface area contributed by atoms with Crippen LogP contribution in [0.4, 0.5) is 0 Å². The van der Waals surface area contributed by atoms with Gasteiger partial charge in [0.05, 0.1) is 7.11 Å². The van der Waals surface area contributed by atoms with Crippen molar-refractivity contribution in [3.8, 4) is 5.75 Å². The predicted octanol–water partition coefficient (Wildman–Crippen LogP) is 2.74. The summed E-state index contributed by atoms with van der Waals surface area (Å²) in [4.78, 5) is 13.7. The third-order valence-corrected chi connectivity index (χ3v) is 3.39. The van der Waals surface area contributed by atoms with Gasteiger partial charge in [-0.1, -0.05) is 0 Å². The van der Waals surface area contributed by atoms with Gasteiger partial charge in [0.15, 0.2) is 5.78 Å². The lowest BCUT2D eigenvalue weighted by Gasteiger charge is -2.18. The fourth-order valence-corrected chi connectivity index (χ4v) is 2.22. The third-order valence-electron chi connectivity index (χ3n) is 3.39. The van der Waals surface area contributed by atoms with E-state index in [4.69, 9.17) is 4.74 Å². The summed E-state index contributed by atoms with van der Waals surface area (Å²) in [5.41, 5.74) is 1.85. The Morgan fingerprint density at radius 3 is 2.72 bits per heavy atom. The summed E-state index contributed by atoms with van der Waals surface area (Å²) < 4.78 is 5.36. The molecule has 1 aliphatic carbocycles. The highest BCUT2D eigenvalue weighted by atomic mass is 16.5. The lowest BCUT2D eigenvalue weighted by molar-refractivity contribution is 0.101. The van der Waals surface area contributed by atoms with Crippen molar-refractivity contribution in [1.29, 1.82) is 0 Å². The summed E-state index contributed by atoms with van der Waals surface area (Å²) in [6, 6.07) is 5.66. The number of Topliss-reactive ketones (excluding diaryl/α,β-unsaturated/α-hetero) is 1. The van der Waals surface area contributed by atoms with Gasteiger partial charge in [0.2, 0.25) is 0 Å². The van der Waals surface area contributed by atoms with Crippen LogP contribution >= 0.6 is 0 Å². The number of rotatable bonds is 6. The van der Waals surface area contributed by atoms with Gasteiger partial charge in [-0.2, -0.15) is 0 Å². The molecule has 0 radical (unpaired) electrons. The number of nitrogens with zero attached hydrogens (tertiary/aromatic N) is 1. The minimum Gasteiger partial charge on any atom is -0.496 e. The first-order chi connectivity index (χ1) is 8.60. The number of carbonyl (C=O) groups excluding carboxylic acids is 1. The molecule has 0 atom stereocenters. The molecule has 0 saturated heterocycles. The molecule has 0 N–H and O–H groups in total. The number of ether oxygens (including phenoxy) is 1. The monoisotopic (exact) mass is 247 g/mol. The quantitative estimate of drug-likeness (QED) is 0.724. The average Bonchev–Trinajstić information content (AvgIpc) is 3.12. The first-order valence-electron chi connectivity index (χ1n) is 6.46. The van der Waals surface area contributed by atoms with Crippen molar-refractivity contribution >= 4 is 5.78 Å². The molecule has 1 aromatic carbocycles. The second-order valence-electron chi connectivity index (χ2n) is 5.22. The van der Waals surface area contributed by atoms with Crippen molar-refractivity contribution in [2.75, 3.05) is 20.7 Å². The normalized spacial score (nSPS) is 14.9. The molecule has 0 unspecified atom stereocenters. The molecule has 0 aliphatic heterocycles. The van der Waals surface area contributed by atoms with E-state index in [1.165, 1.54) is 12.8 Å². The van der Waals surface area contributed by atoms with Gasteiger partial charge in [-0.3, -0.25) is 4.79 Å². The summed E-state index contributed by atoms with van der Waals surface area (Å²) in [6.07, 6.45) is 2.71. The average molecular weight is 247 g/mol. The summed E-state index contributed by atoms with van der Waals surface area (Å²) in [7, 11) is 3.80. The van der Waals surface area contributed by atoms with Gasteiger partial charge in [-0.25, -0.2) is 0 Å². The molecule has 1 fully saturated rings. The molecule has 0 aromatic heterocycles. The summed E-state index contributed by atoms with van der Waals surface area (Å²) in [5, 5.41) is 0. The van der Waals surface area contributed by atoms with Crippen LogP contribution in [0.1, 0.15) is 35.7 Å². The van der Waals surface area contributed by atoms with Crippen LogP contribution in [0.25, 0.3) is 0 Å². The number of carbonyl (C=O) groups is 1. The smallest absolute Gasteiger partial charge is 0.159 e. The number of hydrogen-bond acceptors (Lipinski definition) is 3. The van der Waals surface area contributed by atoms with Crippen LogP contribution in [0.5, 0.6) is 5.75 Å². The molecule has 1 saturated carbocycles. The van der Waals surface area contributed by atoms with Crippen LogP contribution in [0.15, 0.2) is 18.2 Å². The van der Waals surface area contributed by atoms with Gasteiger partial charge in [0, 0.05) is 24.2 Å². The molecule has 3 nitrogen and oxygen atoms in total. The molecule has 2 rings (SSSR count). The van der Waals surface area contributed by atoms with Gasteiger partial charge in [0.1, 0.15) is 5.75 Å². The predicted molar refractivity (Wildman–Crippen MR) is 72.1 cm³/mol. The van der Waals surface area contributed by atoms with Crippen molar-refractivity contribution in [1.82, 2.24) is 4.90 Å². The van der Waals surface area contributed by atoms with Crippen molar-refractivity contribution in [3.63, 3.8) is 0 Å². The van der Waals surface area contributed by atoms with Crippen molar-refractivity contribution < 1.29 is 9.53 Å². The van der Waals surface area contributed by atoms with Crippen LogP contribution in [0.2, 0.25) is 0 Å². The van der Waals surface area contributed by atoms with E-state index < -0.39 is 0 Å². The molecule has 0 spiro atoms. The molecule has 1 aromatic rings. The zero-order chi connectivity index (χ0) is 13.1. The van der Waals surface area contributed by atoms with Crippen molar-refractivity contribution in [3.05, 3.63) is 29.3 Å². The van der Waals surface area contributed by atoms with E-state index in [1.54, 1.807) is 14.0 Å². The number of benzene rings is 1. The highest BCUT2D eigenvalue weighted by molar-refractivity contribution is 5.94. The summed E-state index contributed by atoms with van der Waals surface area (Å²) >= 11 is 0. The summed E-state index contributed by atoms with van der Waals surface area (Å²) in [5.74, 6) is 1.84. The van der Waals surface area contributed by atoms with Crippen LogP contribution in [0, 0.1) is 5.92 Å². The van der Waals surface area contributed by atoms with Gasteiger partial charge < -0.3 is 9.64 Å². The molecule has 0 bridgehead atoms. The summed E-state index contributed by atoms with van der Waals surface area (Å²) in [6.45, 7) is 3.56. The molecular formula is C15H21NO2. The third kappa shape index (κ3) is 3.33. The number of hydrogen-bond donors (Lipinski definition) is 0. The van der Waals surface area contributed by atoms with E-state index in [2.05, 4.69) is 11.9 Å². The highest BCUT2D eigenvalue weighted by Gasteiger charge is 2.23. The van der Waals surface area contributed by atoms with E-state index in [0.717, 1.165) is 35.9 Å². The molecule has 18 heavy (non-hydrogen) atoms. The van der Waals surface area contributed by atoms with Crippen molar-refractivity contribution in [2.24, 2.45) is 5.92 Å². The van der Waals surface area contributed by atoms with Gasteiger partial charge in [0.25, 0.3) is 0 Å². The van der Waals surface area contributed by atoms with Crippen LogP contribution in [-0.2, 0) is 6.54 Å². The van der Waals surface area contributed by atoms with Gasteiger partial charge >= 0.3 is 0 Å². The fraction of sp³-hybridized carbons (Fsp3) is 0.533. The largest absolute Gasteiger partial charge is 0.496 e. The maximum atomic E-state index is 11.4. The fourth-order valence-electron chi connectivity index (χ4n) is 2.22. The minimum absolute atomic E-state index is 0.101. The van der Waals surface area contributed by atoms with E-state index in [1.807, 2.05) is 18.2 Å². The first-order valence-corrected chi connectivity index (χ1v) is 6.46. The van der Waals surface area contributed by atoms with Gasteiger partial charge in [-0.15, -0.1) is 0 Å². The second-order valence-corrected chi connectivity index (χ2v) is 5.22. The Bertz CT molecular complexity index is 438. The van der Waals surface area contributed by atoms with Crippen LogP contribution in [-0.4, -0.2) is 31.4 Å². The Morgan fingerprint density at radius 2 is 2.17 bits per heavy atom. The van der Waals surface area contributed by atoms with E-state index in [-0.39, 0.29) is 5.78 Å². The molecule has 0 amide bonds. The molecular weight excluding hydrogens is 226 g/mol. The minimum atomic E-state index is 0.101. The topological polar surface area (TPSA) is 29.5 Å². The zero-order valence-electron chi connectivity index (χ0n) is 11.4. The lowest BCUT2D eigenvalue weighted by atomic mass is 10.1. The van der Waals surface area contributed by atoms with E-state index in [0.29, 0.717) is 0 Å². The van der Waals surface area contributed by atoms with Crippen molar-refractivity contribution in [2.45, 2.75) is 26.3 Å². The second kappa shape index (κ2) is 5.53. The Balaban J connectivity index is 2.12. The first kappa shape index (κ1) is 13.1. The maximum absolute atomic E-state index is 11.4. The lowest BCUT2D eigenvalue weighted by Crippen LogP contribution is -2.21. The standard InChI is InChI=1S/C15H21NO2/c1-11(17)13-6-7-15(18-3)14(8-13)10-16(2)9-12-4-5-12/h6-8,12H,4-5,9-10H2,1-3H3. The number of methoxy groups -OCH3 is 1. The Morgan fingerprint density at radius 1 is 1.44 bits per heavy atom.